The summed E-state index contributed by atoms with van der Waals surface area (Å²) in [6, 6.07) is 13.9. The summed E-state index contributed by atoms with van der Waals surface area (Å²) in [6.45, 7) is 5.36. The van der Waals surface area contributed by atoms with E-state index in [1.165, 1.54) is 0 Å². The number of piperidine rings is 1. The molecule has 3 rings (SSSR count). The van der Waals surface area contributed by atoms with Crippen LogP contribution in [0.1, 0.15) is 35.1 Å². The Morgan fingerprint density at radius 2 is 1.89 bits per heavy atom. The highest BCUT2D eigenvalue weighted by Crippen LogP contribution is 2.39. The number of aryl methyl sites for hydroxylation is 2. The van der Waals surface area contributed by atoms with Gasteiger partial charge in [0.25, 0.3) is 0 Å². The highest BCUT2D eigenvalue weighted by atomic mass is 79.9. The lowest BCUT2D eigenvalue weighted by molar-refractivity contribution is -0.150. The van der Waals surface area contributed by atoms with Gasteiger partial charge in [0.15, 0.2) is 0 Å². The second-order valence-corrected chi connectivity index (χ2v) is 8.26. The summed E-state index contributed by atoms with van der Waals surface area (Å²) in [6.07, 6.45) is 1.65. The highest BCUT2D eigenvalue weighted by molar-refractivity contribution is 9.10. The first-order valence-corrected chi connectivity index (χ1v) is 9.89. The van der Waals surface area contributed by atoms with Crippen LogP contribution >= 0.6 is 15.9 Å². The largest absolute Gasteiger partial charge is 0.481 e. The van der Waals surface area contributed by atoms with Gasteiger partial charge in [-0.25, -0.2) is 0 Å². The number of anilines is 1. The van der Waals surface area contributed by atoms with E-state index in [0.717, 1.165) is 26.9 Å². The minimum Gasteiger partial charge on any atom is -0.481 e. The molecule has 0 aromatic heterocycles. The fourth-order valence-electron chi connectivity index (χ4n) is 3.91. The second kappa shape index (κ2) is 7.74. The number of nitriles is 1. The number of para-hydroxylation sites is 1. The van der Waals surface area contributed by atoms with Gasteiger partial charge in [-0.3, -0.25) is 4.79 Å². The van der Waals surface area contributed by atoms with Gasteiger partial charge in [0.1, 0.15) is 6.07 Å². The Kier molecular flexibility index (Phi) is 5.57. The molecule has 0 amide bonds. The van der Waals surface area contributed by atoms with Crippen LogP contribution in [0.5, 0.6) is 0 Å². The minimum atomic E-state index is -0.766. The SMILES string of the molecule is Cc1cc(C)c(CC2(C(=O)O)CCN(c3ccccc3C#N)CC2)cc1Br. The zero-order chi connectivity index (χ0) is 19.6. The molecule has 5 heteroatoms. The third-order valence-electron chi connectivity index (χ3n) is 5.69. The van der Waals surface area contributed by atoms with Gasteiger partial charge in [0, 0.05) is 17.6 Å². The van der Waals surface area contributed by atoms with E-state index in [9.17, 15) is 15.2 Å². The standard InChI is InChI=1S/C22H23BrN2O2/c1-15-11-16(2)19(23)12-18(15)13-22(21(26)27)7-9-25(10-8-22)20-6-4-3-5-17(20)14-24/h3-6,11-12H,7-10,13H2,1-2H3,(H,26,27). The third-order valence-corrected chi connectivity index (χ3v) is 6.54. The first kappa shape index (κ1) is 19.4. The first-order valence-electron chi connectivity index (χ1n) is 9.09. The zero-order valence-corrected chi connectivity index (χ0v) is 17.2. The molecule has 1 heterocycles. The Morgan fingerprint density at radius 3 is 2.52 bits per heavy atom. The van der Waals surface area contributed by atoms with Gasteiger partial charge in [0.2, 0.25) is 0 Å². The summed E-state index contributed by atoms with van der Waals surface area (Å²) in [5.41, 5.74) is 4.14. The predicted molar refractivity (Wildman–Crippen MR) is 110 cm³/mol. The number of hydrogen-bond acceptors (Lipinski definition) is 3. The van der Waals surface area contributed by atoms with Gasteiger partial charge in [-0.05, 0) is 68.0 Å². The molecule has 0 bridgehead atoms. The van der Waals surface area contributed by atoms with E-state index in [2.05, 4.69) is 39.0 Å². The molecule has 0 unspecified atom stereocenters. The predicted octanol–water partition coefficient (Wildman–Crippen LogP) is 4.85. The summed E-state index contributed by atoms with van der Waals surface area (Å²) in [5, 5.41) is 19.4. The Hall–Kier alpha value is -2.32. The van der Waals surface area contributed by atoms with Crippen molar-refractivity contribution in [3.05, 3.63) is 63.1 Å². The lowest BCUT2D eigenvalue weighted by atomic mass is 9.73. The fraction of sp³-hybridized carbons (Fsp3) is 0.364. The number of carbonyl (C=O) groups is 1. The maximum atomic E-state index is 12.2. The molecule has 1 N–H and O–H groups in total. The summed E-state index contributed by atoms with van der Waals surface area (Å²) >= 11 is 3.57. The molecule has 2 aromatic carbocycles. The summed E-state index contributed by atoms with van der Waals surface area (Å²) < 4.78 is 1.02. The van der Waals surface area contributed by atoms with Gasteiger partial charge in [-0.15, -0.1) is 0 Å². The molecule has 140 valence electrons. The molecule has 0 aliphatic carbocycles. The summed E-state index contributed by atoms with van der Waals surface area (Å²) in [4.78, 5) is 14.4. The highest BCUT2D eigenvalue weighted by Gasteiger charge is 2.42. The number of halogens is 1. The van der Waals surface area contributed by atoms with Gasteiger partial charge in [-0.2, -0.15) is 5.26 Å². The van der Waals surface area contributed by atoms with Crippen molar-refractivity contribution in [3.8, 4) is 6.07 Å². The van der Waals surface area contributed by atoms with Crippen LogP contribution in [-0.2, 0) is 11.2 Å². The first-order chi connectivity index (χ1) is 12.9. The van der Waals surface area contributed by atoms with Gasteiger partial charge in [-0.1, -0.05) is 34.1 Å². The Morgan fingerprint density at radius 1 is 1.22 bits per heavy atom. The number of aliphatic carboxylic acids is 1. The van der Waals surface area contributed by atoms with Crippen LogP contribution in [0.4, 0.5) is 5.69 Å². The van der Waals surface area contributed by atoms with Crippen LogP contribution in [0.25, 0.3) is 0 Å². The molecule has 27 heavy (non-hydrogen) atoms. The molecule has 1 aliphatic heterocycles. The van der Waals surface area contributed by atoms with E-state index in [-0.39, 0.29) is 0 Å². The molecule has 1 saturated heterocycles. The summed E-state index contributed by atoms with van der Waals surface area (Å²) in [5.74, 6) is -0.730. The zero-order valence-electron chi connectivity index (χ0n) is 15.6. The smallest absolute Gasteiger partial charge is 0.310 e. The fourth-order valence-corrected chi connectivity index (χ4v) is 4.30. The number of hydrogen-bond donors (Lipinski definition) is 1. The van der Waals surface area contributed by atoms with Gasteiger partial charge >= 0.3 is 5.97 Å². The van der Waals surface area contributed by atoms with Crippen LogP contribution in [-0.4, -0.2) is 24.2 Å². The monoisotopic (exact) mass is 426 g/mol. The van der Waals surface area contributed by atoms with Crippen LogP contribution in [0, 0.1) is 30.6 Å². The Bertz CT molecular complexity index is 909. The maximum Gasteiger partial charge on any atom is 0.310 e. The lowest BCUT2D eigenvalue weighted by Crippen LogP contribution is -2.46. The number of rotatable bonds is 4. The lowest BCUT2D eigenvalue weighted by Gasteiger charge is -2.40. The van der Waals surface area contributed by atoms with Crippen LogP contribution < -0.4 is 4.90 Å². The van der Waals surface area contributed by atoms with Crippen molar-refractivity contribution in [3.63, 3.8) is 0 Å². The van der Waals surface area contributed by atoms with Crippen molar-refractivity contribution in [2.75, 3.05) is 18.0 Å². The van der Waals surface area contributed by atoms with Crippen molar-refractivity contribution in [1.29, 1.82) is 5.26 Å². The average molecular weight is 427 g/mol. The molecule has 1 fully saturated rings. The van der Waals surface area contributed by atoms with Crippen molar-refractivity contribution >= 4 is 27.6 Å². The van der Waals surface area contributed by atoms with Crippen molar-refractivity contribution in [1.82, 2.24) is 0 Å². The van der Waals surface area contributed by atoms with E-state index in [1.54, 1.807) is 0 Å². The molecular formula is C22H23BrN2O2. The third kappa shape index (κ3) is 3.86. The summed E-state index contributed by atoms with van der Waals surface area (Å²) in [7, 11) is 0. The van der Waals surface area contributed by atoms with E-state index < -0.39 is 11.4 Å². The molecule has 1 aliphatic rings. The van der Waals surface area contributed by atoms with Crippen molar-refractivity contribution < 1.29 is 9.90 Å². The maximum absolute atomic E-state index is 12.2. The molecule has 0 atom stereocenters. The van der Waals surface area contributed by atoms with Crippen molar-refractivity contribution in [2.24, 2.45) is 5.41 Å². The van der Waals surface area contributed by atoms with Crippen LogP contribution in [0.2, 0.25) is 0 Å². The van der Waals surface area contributed by atoms with Gasteiger partial charge in [0.05, 0.1) is 16.7 Å². The molecule has 0 saturated carbocycles. The normalized spacial score (nSPS) is 16.0. The number of nitrogens with zero attached hydrogens (tertiary/aromatic N) is 2. The van der Waals surface area contributed by atoms with E-state index in [4.69, 9.17) is 0 Å². The van der Waals surface area contributed by atoms with E-state index in [1.807, 2.05) is 38.1 Å². The van der Waals surface area contributed by atoms with Crippen LogP contribution in [0.15, 0.2) is 40.9 Å². The molecule has 4 nitrogen and oxygen atoms in total. The molecule has 2 aromatic rings. The molecule has 0 radical (unpaired) electrons. The average Bonchev–Trinajstić information content (AvgIpc) is 2.66. The number of carboxylic acids is 1. The van der Waals surface area contributed by atoms with Gasteiger partial charge < -0.3 is 10.0 Å². The Labute approximate surface area is 168 Å². The molecular weight excluding hydrogens is 404 g/mol. The topological polar surface area (TPSA) is 64.3 Å². The second-order valence-electron chi connectivity index (χ2n) is 7.41. The van der Waals surface area contributed by atoms with E-state index >= 15 is 0 Å². The van der Waals surface area contributed by atoms with E-state index in [0.29, 0.717) is 37.9 Å². The number of benzene rings is 2. The quantitative estimate of drug-likeness (QED) is 0.758. The van der Waals surface area contributed by atoms with Crippen molar-refractivity contribution in [2.45, 2.75) is 33.1 Å². The number of carboxylic acid groups (broad SMARTS) is 1. The molecule has 0 spiro atoms. The minimum absolute atomic E-state index is 0.529. The Balaban J connectivity index is 1.83. The van der Waals surface area contributed by atoms with Crippen LogP contribution in [0.3, 0.4) is 0 Å².